The number of aryl methyl sites for hydroxylation is 1. The average Bonchev–Trinajstić information content (AvgIpc) is 2.60. The van der Waals surface area contributed by atoms with Crippen LogP contribution in [0.4, 0.5) is 0 Å². The van der Waals surface area contributed by atoms with Crippen molar-refractivity contribution < 1.29 is 13.5 Å². The maximum Gasteiger partial charge on any atom is 0.233 e. The summed E-state index contributed by atoms with van der Waals surface area (Å²) in [6.07, 6.45) is 3.32. The van der Waals surface area contributed by atoms with Crippen LogP contribution in [0, 0.1) is 0 Å². The van der Waals surface area contributed by atoms with Crippen LogP contribution in [0.2, 0.25) is 0 Å². The van der Waals surface area contributed by atoms with Crippen molar-refractivity contribution in [1.82, 2.24) is 4.72 Å². The second kappa shape index (κ2) is 6.89. The molecule has 2 aromatic rings. The van der Waals surface area contributed by atoms with E-state index >= 15 is 0 Å². The third-order valence-electron chi connectivity index (χ3n) is 4.34. The maximum atomic E-state index is 12.1. The molecule has 0 bridgehead atoms. The summed E-state index contributed by atoms with van der Waals surface area (Å²) >= 11 is 0. The molecule has 0 aliphatic heterocycles. The Hall–Kier alpha value is -1.95. The Morgan fingerprint density at radius 1 is 1.04 bits per heavy atom. The fourth-order valence-electron chi connectivity index (χ4n) is 2.95. The standard InChI is InChI=1S/C19H21NO3S/c21-19(12-10-17-8-4-5-9-18(17)14-19)15-20-24(22,23)13-11-16-6-2-1-3-7-16/h1-9,11,13,20-21H,10,12,14-15H2/b13-11+. The molecule has 0 radical (unpaired) electrons. The summed E-state index contributed by atoms with van der Waals surface area (Å²) in [5, 5.41) is 11.9. The number of nitrogens with one attached hydrogen (secondary N) is 1. The molecule has 2 N–H and O–H groups in total. The Kier molecular flexibility index (Phi) is 4.85. The molecule has 0 aromatic heterocycles. The number of hydrogen-bond donors (Lipinski definition) is 2. The van der Waals surface area contributed by atoms with Crippen LogP contribution in [0.3, 0.4) is 0 Å². The van der Waals surface area contributed by atoms with E-state index in [4.69, 9.17) is 0 Å². The third kappa shape index (κ3) is 4.32. The van der Waals surface area contributed by atoms with Gasteiger partial charge >= 0.3 is 0 Å². The zero-order chi connectivity index (χ0) is 17.0. The number of fused-ring (bicyclic) bond motifs is 1. The SMILES string of the molecule is O=S(=O)(/C=C/c1ccccc1)NCC1(O)CCc2ccccc2C1. The maximum absolute atomic E-state index is 12.1. The van der Waals surface area contributed by atoms with Crippen molar-refractivity contribution in [2.24, 2.45) is 0 Å². The predicted octanol–water partition coefficient (Wildman–Crippen LogP) is 2.50. The van der Waals surface area contributed by atoms with Crippen LogP contribution in [-0.2, 0) is 22.9 Å². The molecule has 0 saturated heterocycles. The lowest BCUT2D eigenvalue weighted by Crippen LogP contribution is -2.46. The van der Waals surface area contributed by atoms with Gasteiger partial charge in [0, 0.05) is 18.4 Å². The molecule has 0 amide bonds. The molecule has 0 fully saturated rings. The lowest BCUT2D eigenvalue weighted by molar-refractivity contribution is 0.0318. The van der Waals surface area contributed by atoms with E-state index < -0.39 is 15.6 Å². The molecule has 1 aliphatic carbocycles. The first-order valence-electron chi connectivity index (χ1n) is 7.98. The van der Waals surface area contributed by atoms with Gasteiger partial charge in [-0.25, -0.2) is 13.1 Å². The number of sulfonamides is 1. The van der Waals surface area contributed by atoms with E-state index in [0.29, 0.717) is 12.8 Å². The van der Waals surface area contributed by atoms with Gasteiger partial charge in [0.1, 0.15) is 0 Å². The molecule has 0 heterocycles. The third-order valence-corrected chi connectivity index (χ3v) is 5.38. The smallest absolute Gasteiger partial charge is 0.233 e. The molecule has 4 nitrogen and oxygen atoms in total. The molecule has 2 aromatic carbocycles. The lowest BCUT2D eigenvalue weighted by Gasteiger charge is -2.33. The summed E-state index contributed by atoms with van der Waals surface area (Å²) in [4.78, 5) is 0. The normalized spacial score (nSPS) is 20.9. The molecule has 1 atom stereocenters. The van der Waals surface area contributed by atoms with Crippen molar-refractivity contribution in [2.45, 2.75) is 24.9 Å². The zero-order valence-electron chi connectivity index (χ0n) is 13.4. The largest absolute Gasteiger partial charge is 0.388 e. The number of benzene rings is 2. The van der Waals surface area contributed by atoms with E-state index in [2.05, 4.69) is 10.8 Å². The van der Waals surface area contributed by atoms with Gasteiger partial charge in [-0.15, -0.1) is 0 Å². The van der Waals surface area contributed by atoms with E-state index in [-0.39, 0.29) is 6.54 Å². The molecule has 3 rings (SSSR count). The Morgan fingerprint density at radius 2 is 1.71 bits per heavy atom. The second-order valence-corrected chi connectivity index (χ2v) is 7.90. The molecular weight excluding hydrogens is 322 g/mol. The summed E-state index contributed by atoms with van der Waals surface area (Å²) in [7, 11) is -3.59. The number of hydrogen-bond acceptors (Lipinski definition) is 3. The fraction of sp³-hybridized carbons (Fsp3) is 0.263. The fourth-order valence-corrected chi connectivity index (χ4v) is 3.85. The minimum atomic E-state index is -3.59. The van der Waals surface area contributed by atoms with Crippen LogP contribution in [0.25, 0.3) is 6.08 Å². The highest BCUT2D eigenvalue weighted by Crippen LogP contribution is 2.28. The van der Waals surface area contributed by atoms with Gasteiger partial charge in [-0.3, -0.25) is 0 Å². The Balaban J connectivity index is 1.63. The predicted molar refractivity (Wildman–Crippen MR) is 95.8 cm³/mol. The minimum absolute atomic E-state index is 0.0167. The van der Waals surface area contributed by atoms with Crippen LogP contribution in [-0.4, -0.2) is 25.7 Å². The summed E-state index contributed by atoms with van der Waals surface area (Å²) in [5.41, 5.74) is 2.09. The van der Waals surface area contributed by atoms with Crippen molar-refractivity contribution >= 4 is 16.1 Å². The highest BCUT2D eigenvalue weighted by molar-refractivity contribution is 7.92. The topological polar surface area (TPSA) is 66.4 Å². The van der Waals surface area contributed by atoms with Gasteiger partial charge in [0.15, 0.2) is 0 Å². The Labute approximate surface area is 142 Å². The summed E-state index contributed by atoms with van der Waals surface area (Å²) in [5.74, 6) is 0. The highest BCUT2D eigenvalue weighted by atomic mass is 32.2. The molecule has 1 unspecified atom stereocenters. The first-order chi connectivity index (χ1) is 11.5. The number of rotatable bonds is 5. The van der Waals surface area contributed by atoms with E-state index in [9.17, 15) is 13.5 Å². The van der Waals surface area contributed by atoms with E-state index in [1.165, 1.54) is 5.56 Å². The quantitative estimate of drug-likeness (QED) is 0.876. The van der Waals surface area contributed by atoms with Crippen LogP contribution in [0.15, 0.2) is 60.0 Å². The van der Waals surface area contributed by atoms with Gasteiger partial charge in [0.2, 0.25) is 10.0 Å². The van der Waals surface area contributed by atoms with E-state index in [1.54, 1.807) is 6.08 Å². The van der Waals surface area contributed by atoms with Crippen LogP contribution < -0.4 is 4.72 Å². The van der Waals surface area contributed by atoms with Crippen LogP contribution >= 0.6 is 0 Å². The average molecular weight is 343 g/mol. The Bertz CT molecular complexity index is 831. The van der Waals surface area contributed by atoms with Crippen molar-refractivity contribution in [3.8, 4) is 0 Å². The van der Waals surface area contributed by atoms with Crippen molar-refractivity contribution in [2.75, 3.05) is 6.54 Å². The summed E-state index contributed by atoms with van der Waals surface area (Å²) < 4.78 is 26.8. The Morgan fingerprint density at radius 3 is 2.46 bits per heavy atom. The van der Waals surface area contributed by atoms with Gasteiger partial charge in [0.05, 0.1) is 5.60 Å². The zero-order valence-corrected chi connectivity index (χ0v) is 14.2. The molecule has 0 spiro atoms. The van der Waals surface area contributed by atoms with Crippen molar-refractivity contribution in [1.29, 1.82) is 0 Å². The monoisotopic (exact) mass is 343 g/mol. The summed E-state index contributed by atoms with van der Waals surface area (Å²) in [6.45, 7) is 0.0167. The highest BCUT2D eigenvalue weighted by Gasteiger charge is 2.32. The van der Waals surface area contributed by atoms with Gasteiger partial charge in [-0.05, 0) is 35.6 Å². The van der Waals surface area contributed by atoms with Crippen LogP contribution in [0.5, 0.6) is 0 Å². The van der Waals surface area contributed by atoms with Gasteiger partial charge in [-0.1, -0.05) is 54.6 Å². The minimum Gasteiger partial charge on any atom is -0.388 e. The van der Waals surface area contributed by atoms with Crippen molar-refractivity contribution in [3.05, 3.63) is 76.7 Å². The lowest BCUT2D eigenvalue weighted by atomic mass is 9.80. The molecule has 0 saturated carbocycles. The first-order valence-corrected chi connectivity index (χ1v) is 9.52. The molecule has 24 heavy (non-hydrogen) atoms. The van der Waals surface area contributed by atoms with E-state index in [1.807, 2.05) is 48.5 Å². The molecule has 5 heteroatoms. The first kappa shape index (κ1) is 16.9. The summed E-state index contributed by atoms with van der Waals surface area (Å²) in [6, 6.07) is 17.2. The van der Waals surface area contributed by atoms with Gasteiger partial charge < -0.3 is 5.11 Å². The van der Waals surface area contributed by atoms with Crippen molar-refractivity contribution in [3.63, 3.8) is 0 Å². The molecular formula is C19H21NO3S. The second-order valence-electron chi connectivity index (χ2n) is 6.25. The molecule has 126 valence electrons. The molecule has 1 aliphatic rings. The number of aliphatic hydroxyl groups is 1. The van der Waals surface area contributed by atoms with Gasteiger partial charge in [-0.2, -0.15) is 0 Å². The van der Waals surface area contributed by atoms with Crippen LogP contribution in [0.1, 0.15) is 23.1 Å². The van der Waals surface area contributed by atoms with E-state index in [0.717, 1.165) is 23.0 Å². The van der Waals surface area contributed by atoms with Gasteiger partial charge in [0.25, 0.3) is 0 Å².